The molecule has 4 N–H and O–H groups in total. The minimum absolute atomic E-state index is 0.127. The van der Waals surface area contributed by atoms with Crippen LogP contribution in [0.1, 0.15) is 44.0 Å². The van der Waals surface area contributed by atoms with E-state index in [1.54, 1.807) is 24.3 Å². The van der Waals surface area contributed by atoms with E-state index in [0.29, 0.717) is 11.3 Å². The summed E-state index contributed by atoms with van der Waals surface area (Å²) in [4.78, 5) is 24.0. The lowest BCUT2D eigenvalue weighted by molar-refractivity contribution is -0.118. The van der Waals surface area contributed by atoms with E-state index in [1.807, 2.05) is 20.8 Å². The molecule has 0 aromatic heterocycles. The Morgan fingerprint density at radius 1 is 1.26 bits per heavy atom. The third-order valence-corrected chi connectivity index (χ3v) is 3.78. The van der Waals surface area contributed by atoms with Gasteiger partial charge in [0.2, 0.25) is 5.91 Å². The number of amides is 2. The number of carbonyl (C=O) groups is 2. The molecule has 0 saturated carbocycles. The third kappa shape index (κ3) is 6.38. The van der Waals surface area contributed by atoms with Gasteiger partial charge in [0.15, 0.2) is 0 Å². The molecule has 0 aliphatic heterocycles. The zero-order valence-corrected chi connectivity index (χ0v) is 14.3. The maximum absolute atomic E-state index is 12.1. The number of anilines is 1. The molecule has 1 rings (SSSR count). The minimum atomic E-state index is -0.295. The number of rotatable bonds is 8. The molecule has 2 amide bonds. The summed E-state index contributed by atoms with van der Waals surface area (Å²) >= 11 is 0. The number of benzene rings is 1. The Balaban J connectivity index is 2.63. The molecule has 0 radical (unpaired) electrons. The van der Waals surface area contributed by atoms with Crippen molar-refractivity contribution in [2.75, 3.05) is 19.0 Å². The predicted octanol–water partition coefficient (Wildman–Crippen LogP) is 1.91. The zero-order valence-electron chi connectivity index (χ0n) is 14.3. The number of hydrogen-bond donors (Lipinski definition) is 3. The maximum Gasteiger partial charge on any atom is 0.251 e. The molecule has 1 aromatic carbocycles. The van der Waals surface area contributed by atoms with Crippen LogP contribution in [0.15, 0.2) is 24.3 Å². The maximum atomic E-state index is 12.1. The lowest BCUT2D eigenvalue weighted by Crippen LogP contribution is -2.42. The third-order valence-electron chi connectivity index (χ3n) is 3.78. The van der Waals surface area contributed by atoms with Crippen LogP contribution in [-0.2, 0) is 9.53 Å². The second kappa shape index (κ2) is 8.64. The minimum Gasteiger partial charge on any atom is -0.380 e. The Kier molecular flexibility index (Phi) is 7.19. The topological polar surface area (TPSA) is 93.5 Å². The van der Waals surface area contributed by atoms with E-state index in [4.69, 9.17) is 10.5 Å². The second-order valence-electron chi connectivity index (χ2n) is 6.11. The summed E-state index contributed by atoms with van der Waals surface area (Å²) in [6, 6.07) is 6.78. The van der Waals surface area contributed by atoms with Gasteiger partial charge in [-0.05, 0) is 44.5 Å². The van der Waals surface area contributed by atoms with E-state index in [9.17, 15) is 9.59 Å². The van der Waals surface area contributed by atoms with Gasteiger partial charge < -0.3 is 21.1 Å². The second-order valence-corrected chi connectivity index (χ2v) is 6.11. The Morgan fingerprint density at radius 3 is 2.35 bits per heavy atom. The van der Waals surface area contributed by atoms with Gasteiger partial charge >= 0.3 is 0 Å². The van der Waals surface area contributed by atoms with Crippen LogP contribution in [0.2, 0.25) is 0 Å². The summed E-state index contributed by atoms with van der Waals surface area (Å²) < 4.78 is 5.08. The van der Waals surface area contributed by atoms with Gasteiger partial charge in [-0.3, -0.25) is 9.59 Å². The van der Waals surface area contributed by atoms with Gasteiger partial charge in [-0.2, -0.15) is 0 Å². The molecule has 0 fully saturated rings. The van der Waals surface area contributed by atoms with E-state index >= 15 is 0 Å². The van der Waals surface area contributed by atoms with Gasteiger partial charge in [-0.25, -0.2) is 0 Å². The van der Waals surface area contributed by atoms with Crippen LogP contribution < -0.4 is 16.4 Å². The van der Waals surface area contributed by atoms with Crippen molar-refractivity contribution < 1.29 is 14.3 Å². The molecule has 0 heterocycles. The predicted molar refractivity (Wildman–Crippen MR) is 91.4 cm³/mol. The molecular formula is C17H27N3O3. The van der Waals surface area contributed by atoms with Crippen molar-refractivity contribution >= 4 is 17.5 Å². The lowest BCUT2D eigenvalue weighted by atomic mass is 10.0. The zero-order chi connectivity index (χ0) is 17.5. The highest BCUT2D eigenvalue weighted by atomic mass is 16.5. The van der Waals surface area contributed by atoms with Crippen LogP contribution in [0, 0.1) is 0 Å². The first-order chi connectivity index (χ1) is 10.8. The van der Waals surface area contributed by atoms with Crippen molar-refractivity contribution in [2.24, 2.45) is 5.73 Å². The van der Waals surface area contributed by atoms with Gasteiger partial charge in [0, 0.05) is 30.4 Å². The quantitative estimate of drug-likeness (QED) is 0.682. The molecule has 6 nitrogen and oxygen atoms in total. The molecule has 0 aliphatic carbocycles. The molecule has 0 spiro atoms. The summed E-state index contributed by atoms with van der Waals surface area (Å²) in [6.07, 6.45) is 0.741. The van der Waals surface area contributed by atoms with Gasteiger partial charge in [0.1, 0.15) is 0 Å². The molecule has 0 aliphatic rings. The van der Waals surface area contributed by atoms with Crippen LogP contribution in [0.3, 0.4) is 0 Å². The fourth-order valence-electron chi connectivity index (χ4n) is 1.85. The van der Waals surface area contributed by atoms with E-state index in [0.717, 1.165) is 6.42 Å². The fourth-order valence-corrected chi connectivity index (χ4v) is 1.85. The Hall–Kier alpha value is -1.92. The van der Waals surface area contributed by atoms with Gasteiger partial charge in [-0.15, -0.1) is 0 Å². The molecule has 0 bridgehead atoms. The van der Waals surface area contributed by atoms with E-state index in [1.165, 1.54) is 7.11 Å². The largest absolute Gasteiger partial charge is 0.380 e. The highest BCUT2D eigenvalue weighted by molar-refractivity contribution is 5.96. The Morgan fingerprint density at radius 2 is 1.87 bits per heavy atom. The van der Waals surface area contributed by atoms with Crippen LogP contribution >= 0.6 is 0 Å². The average Bonchev–Trinajstić information content (AvgIpc) is 2.52. The normalized spacial score (nSPS) is 12.6. The first-order valence-corrected chi connectivity index (χ1v) is 7.76. The van der Waals surface area contributed by atoms with E-state index < -0.39 is 0 Å². The summed E-state index contributed by atoms with van der Waals surface area (Å²) in [5.74, 6) is -0.302. The standard InChI is InChI=1S/C17H27N3O3/c1-5-17(2,3)20-16(22)12-6-8-13(9-7-12)19-15(21)10-14(11-18)23-4/h6-9,14H,5,10-11,18H2,1-4H3,(H,19,21)(H,20,22). The fraction of sp³-hybridized carbons (Fsp3) is 0.529. The number of ether oxygens (including phenoxy) is 1. The van der Waals surface area contributed by atoms with Crippen LogP contribution in [-0.4, -0.2) is 37.1 Å². The average molecular weight is 321 g/mol. The number of carbonyl (C=O) groups excluding carboxylic acids is 2. The molecule has 1 aromatic rings. The number of hydrogen-bond acceptors (Lipinski definition) is 4. The van der Waals surface area contributed by atoms with Crippen molar-refractivity contribution in [2.45, 2.75) is 45.3 Å². The van der Waals surface area contributed by atoms with Crippen molar-refractivity contribution in [3.8, 4) is 0 Å². The first kappa shape index (κ1) is 19.1. The van der Waals surface area contributed by atoms with Gasteiger partial charge in [-0.1, -0.05) is 6.92 Å². The van der Waals surface area contributed by atoms with Crippen LogP contribution in [0.5, 0.6) is 0 Å². The SMILES string of the molecule is CCC(C)(C)NC(=O)c1ccc(NC(=O)CC(CN)OC)cc1. The van der Waals surface area contributed by atoms with Gasteiger partial charge in [0.25, 0.3) is 5.91 Å². The van der Waals surface area contributed by atoms with E-state index in [-0.39, 0.29) is 36.4 Å². The van der Waals surface area contributed by atoms with Crippen LogP contribution in [0.4, 0.5) is 5.69 Å². The Bertz CT molecular complexity index is 522. The number of nitrogens with one attached hydrogen (secondary N) is 2. The number of nitrogens with two attached hydrogens (primary N) is 1. The van der Waals surface area contributed by atoms with Crippen molar-refractivity contribution in [1.29, 1.82) is 0 Å². The van der Waals surface area contributed by atoms with Gasteiger partial charge in [0.05, 0.1) is 12.5 Å². The summed E-state index contributed by atoms with van der Waals surface area (Å²) in [6.45, 7) is 6.26. The molecule has 1 unspecified atom stereocenters. The highest BCUT2D eigenvalue weighted by Crippen LogP contribution is 2.13. The highest BCUT2D eigenvalue weighted by Gasteiger charge is 2.18. The summed E-state index contributed by atoms with van der Waals surface area (Å²) in [7, 11) is 1.52. The van der Waals surface area contributed by atoms with Crippen molar-refractivity contribution in [3.05, 3.63) is 29.8 Å². The molecular weight excluding hydrogens is 294 g/mol. The molecule has 1 atom stereocenters. The Labute approximate surface area is 137 Å². The molecule has 128 valence electrons. The monoisotopic (exact) mass is 321 g/mol. The van der Waals surface area contributed by atoms with E-state index in [2.05, 4.69) is 10.6 Å². The van der Waals surface area contributed by atoms with Crippen molar-refractivity contribution in [3.63, 3.8) is 0 Å². The van der Waals surface area contributed by atoms with Crippen molar-refractivity contribution in [1.82, 2.24) is 5.32 Å². The molecule has 6 heteroatoms. The molecule has 23 heavy (non-hydrogen) atoms. The summed E-state index contributed by atoms with van der Waals surface area (Å²) in [5, 5.41) is 5.73. The molecule has 0 saturated heterocycles. The summed E-state index contributed by atoms with van der Waals surface area (Å²) in [5.41, 5.74) is 6.43. The lowest BCUT2D eigenvalue weighted by Gasteiger charge is -2.24. The smallest absolute Gasteiger partial charge is 0.251 e. The van der Waals surface area contributed by atoms with Crippen LogP contribution in [0.25, 0.3) is 0 Å². The first-order valence-electron chi connectivity index (χ1n) is 7.76. The number of methoxy groups -OCH3 is 1.